The van der Waals surface area contributed by atoms with Gasteiger partial charge < -0.3 is 19.3 Å². The normalized spacial score (nSPS) is 21.2. The van der Waals surface area contributed by atoms with Gasteiger partial charge in [0.05, 0.1) is 19.1 Å². The summed E-state index contributed by atoms with van der Waals surface area (Å²) in [5.74, 6) is 1.49. The fraction of sp³-hybridized carbons (Fsp3) is 0.706. The lowest BCUT2D eigenvalue weighted by Crippen LogP contribution is -2.49. The fourth-order valence-electron chi connectivity index (χ4n) is 3.17. The number of anilines is 1. The molecule has 1 amide bonds. The predicted octanol–water partition coefficient (Wildman–Crippen LogP) is 1.40. The Hall–Kier alpha value is -1.89. The summed E-state index contributed by atoms with van der Waals surface area (Å²) in [6, 6.07) is 1.84. The molecule has 2 fully saturated rings. The molecule has 1 aromatic rings. The maximum Gasteiger partial charge on any atom is 0.228 e. The molecule has 1 aromatic heterocycles. The Morgan fingerprint density at radius 1 is 1.33 bits per heavy atom. The van der Waals surface area contributed by atoms with E-state index in [1.54, 1.807) is 0 Å². The molecular weight excluding hydrogens is 308 g/mol. The van der Waals surface area contributed by atoms with Crippen LogP contribution in [-0.2, 0) is 9.53 Å². The molecule has 7 heteroatoms. The first kappa shape index (κ1) is 17.0. The lowest BCUT2D eigenvalue weighted by molar-refractivity contribution is -0.133. The van der Waals surface area contributed by atoms with Gasteiger partial charge in [-0.05, 0) is 26.7 Å². The van der Waals surface area contributed by atoms with Crippen molar-refractivity contribution in [1.29, 1.82) is 0 Å². The van der Waals surface area contributed by atoms with Gasteiger partial charge in [-0.2, -0.15) is 4.98 Å². The summed E-state index contributed by atoms with van der Waals surface area (Å²) in [6.45, 7) is 8.14. The summed E-state index contributed by atoms with van der Waals surface area (Å²) in [5.41, 5.74) is 0.889. The molecule has 1 unspecified atom stereocenters. The molecule has 3 rings (SSSR count). The lowest BCUT2D eigenvalue weighted by atomic mass is 10.1. The van der Waals surface area contributed by atoms with Crippen LogP contribution in [0.1, 0.15) is 31.9 Å². The van der Waals surface area contributed by atoms with E-state index in [-0.39, 0.29) is 12.0 Å². The Bertz CT molecular complexity index is 567. The standard InChI is InChI=1S/C17H26N4O3/c1-3-23-15-11-13(2)18-17(19-15)21-8-6-20(7-9-21)16(22)12-14-5-4-10-24-14/h11,14H,3-10,12H2,1-2H3. The van der Waals surface area contributed by atoms with E-state index in [1.165, 1.54) is 0 Å². The summed E-state index contributed by atoms with van der Waals surface area (Å²) in [4.78, 5) is 25.4. The maximum atomic E-state index is 12.4. The van der Waals surface area contributed by atoms with Gasteiger partial charge in [-0.25, -0.2) is 4.98 Å². The highest BCUT2D eigenvalue weighted by Gasteiger charge is 2.26. The highest BCUT2D eigenvalue weighted by Crippen LogP contribution is 2.19. The van der Waals surface area contributed by atoms with Gasteiger partial charge in [-0.1, -0.05) is 0 Å². The van der Waals surface area contributed by atoms with Crippen LogP contribution < -0.4 is 9.64 Å². The van der Waals surface area contributed by atoms with Crippen molar-refractivity contribution < 1.29 is 14.3 Å². The number of piperazine rings is 1. The molecule has 0 radical (unpaired) electrons. The number of hydrogen-bond acceptors (Lipinski definition) is 6. The monoisotopic (exact) mass is 334 g/mol. The van der Waals surface area contributed by atoms with E-state index in [1.807, 2.05) is 24.8 Å². The van der Waals surface area contributed by atoms with E-state index in [2.05, 4.69) is 14.9 Å². The smallest absolute Gasteiger partial charge is 0.228 e. The van der Waals surface area contributed by atoms with Crippen LogP contribution in [0.5, 0.6) is 5.88 Å². The van der Waals surface area contributed by atoms with Crippen molar-refractivity contribution in [2.45, 2.75) is 39.2 Å². The summed E-state index contributed by atoms with van der Waals surface area (Å²) >= 11 is 0. The van der Waals surface area contributed by atoms with Crippen LogP contribution in [0, 0.1) is 6.92 Å². The third kappa shape index (κ3) is 4.14. The number of carbonyl (C=O) groups is 1. The number of ether oxygens (including phenoxy) is 2. The minimum Gasteiger partial charge on any atom is -0.478 e. The second-order valence-electron chi connectivity index (χ2n) is 6.29. The van der Waals surface area contributed by atoms with E-state index < -0.39 is 0 Å². The third-order valence-corrected chi connectivity index (χ3v) is 4.45. The van der Waals surface area contributed by atoms with Gasteiger partial charge in [0.25, 0.3) is 0 Å². The number of nitrogens with zero attached hydrogens (tertiary/aromatic N) is 4. The van der Waals surface area contributed by atoms with Gasteiger partial charge in [0.1, 0.15) is 0 Å². The Morgan fingerprint density at radius 3 is 2.79 bits per heavy atom. The van der Waals surface area contributed by atoms with Crippen molar-refractivity contribution in [3.05, 3.63) is 11.8 Å². The van der Waals surface area contributed by atoms with E-state index in [0.29, 0.717) is 37.9 Å². The molecule has 0 aliphatic carbocycles. The number of carbonyl (C=O) groups excluding carboxylic acids is 1. The van der Waals surface area contributed by atoms with E-state index in [4.69, 9.17) is 9.47 Å². The zero-order valence-electron chi connectivity index (χ0n) is 14.5. The zero-order chi connectivity index (χ0) is 16.9. The molecule has 2 saturated heterocycles. The molecule has 24 heavy (non-hydrogen) atoms. The first-order valence-corrected chi connectivity index (χ1v) is 8.78. The van der Waals surface area contributed by atoms with Gasteiger partial charge in [0, 0.05) is 44.5 Å². The van der Waals surface area contributed by atoms with Crippen LogP contribution in [0.15, 0.2) is 6.07 Å². The molecule has 0 spiro atoms. The number of rotatable bonds is 5. The molecule has 0 N–H and O–H groups in total. The summed E-state index contributed by atoms with van der Waals surface area (Å²) < 4.78 is 11.1. The van der Waals surface area contributed by atoms with E-state index in [0.717, 1.165) is 38.2 Å². The second kappa shape index (κ2) is 7.79. The maximum absolute atomic E-state index is 12.4. The minimum atomic E-state index is 0.115. The number of aryl methyl sites for hydroxylation is 1. The van der Waals surface area contributed by atoms with Crippen LogP contribution in [-0.4, -0.2) is 66.3 Å². The first-order valence-electron chi connectivity index (χ1n) is 8.78. The van der Waals surface area contributed by atoms with Gasteiger partial charge in [0.15, 0.2) is 0 Å². The van der Waals surface area contributed by atoms with Crippen LogP contribution in [0.4, 0.5) is 5.95 Å². The van der Waals surface area contributed by atoms with Crippen molar-refractivity contribution >= 4 is 11.9 Å². The van der Waals surface area contributed by atoms with Crippen LogP contribution in [0.25, 0.3) is 0 Å². The highest BCUT2D eigenvalue weighted by molar-refractivity contribution is 5.77. The van der Waals surface area contributed by atoms with Crippen molar-refractivity contribution in [3.63, 3.8) is 0 Å². The van der Waals surface area contributed by atoms with Crippen LogP contribution >= 0.6 is 0 Å². The molecule has 3 heterocycles. The summed E-state index contributed by atoms with van der Waals surface area (Å²) in [5, 5.41) is 0. The minimum absolute atomic E-state index is 0.115. The Balaban J connectivity index is 1.55. The average Bonchev–Trinajstić information content (AvgIpc) is 3.08. The molecule has 2 aliphatic heterocycles. The third-order valence-electron chi connectivity index (χ3n) is 4.45. The Labute approximate surface area is 143 Å². The lowest BCUT2D eigenvalue weighted by Gasteiger charge is -2.35. The van der Waals surface area contributed by atoms with Crippen LogP contribution in [0.3, 0.4) is 0 Å². The topological polar surface area (TPSA) is 67.8 Å². The number of aromatic nitrogens is 2. The number of amides is 1. The van der Waals surface area contributed by atoms with Crippen LogP contribution in [0.2, 0.25) is 0 Å². The Morgan fingerprint density at radius 2 is 2.12 bits per heavy atom. The molecule has 7 nitrogen and oxygen atoms in total. The molecule has 132 valence electrons. The number of hydrogen-bond donors (Lipinski definition) is 0. The molecular formula is C17H26N4O3. The van der Waals surface area contributed by atoms with Gasteiger partial charge >= 0.3 is 0 Å². The van der Waals surface area contributed by atoms with Crippen molar-refractivity contribution in [2.24, 2.45) is 0 Å². The van der Waals surface area contributed by atoms with E-state index in [9.17, 15) is 4.79 Å². The first-order chi connectivity index (χ1) is 11.7. The molecule has 1 atom stereocenters. The second-order valence-corrected chi connectivity index (χ2v) is 6.29. The van der Waals surface area contributed by atoms with Gasteiger partial charge in [-0.15, -0.1) is 0 Å². The van der Waals surface area contributed by atoms with Crippen molar-refractivity contribution in [3.8, 4) is 5.88 Å². The SMILES string of the molecule is CCOc1cc(C)nc(N2CCN(C(=O)CC3CCCO3)CC2)n1. The average molecular weight is 334 g/mol. The summed E-state index contributed by atoms with van der Waals surface area (Å²) in [7, 11) is 0. The van der Waals surface area contributed by atoms with E-state index >= 15 is 0 Å². The predicted molar refractivity (Wildman–Crippen MR) is 90.3 cm³/mol. The molecule has 2 aliphatic rings. The van der Waals surface area contributed by atoms with Gasteiger partial charge in [-0.3, -0.25) is 4.79 Å². The van der Waals surface area contributed by atoms with Gasteiger partial charge in [0.2, 0.25) is 17.7 Å². The molecule has 0 saturated carbocycles. The quantitative estimate of drug-likeness (QED) is 0.811. The zero-order valence-corrected chi connectivity index (χ0v) is 14.5. The largest absolute Gasteiger partial charge is 0.478 e. The molecule has 0 aromatic carbocycles. The Kier molecular flexibility index (Phi) is 5.50. The molecule has 0 bridgehead atoms. The van der Waals surface area contributed by atoms with Crippen molar-refractivity contribution in [1.82, 2.24) is 14.9 Å². The summed E-state index contributed by atoms with van der Waals surface area (Å²) in [6.07, 6.45) is 2.70. The highest BCUT2D eigenvalue weighted by atomic mass is 16.5. The van der Waals surface area contributed by atoms with Crippen molar-refractivity contribution in [2.75, 3.05) is 44.3 Å². The fourth-order valence-corrected chi connectivity index (χ4v) is 3.17.